The summed E-state index contributed by atoms with van der Waals surface area (Å²) < 4.78 is 11.5. The number of carbonyl (C=O) groups excluding carboxylic acids is 2. The number of allylic oxidation sites excluding steroid dienone is 1. The van der Waals surface area contributed by atoms with Gasteiger partial charge < -0.3 is 9.47 Å². The number of rotatable bonds is 8. The highest BCUT2D eigenvalue weighted by atomic mass is 16.6. The number of hydrogen-bond acceptors (Lipinski definition) is 4. The zero-order chi connectivity index (χ0) is 24.0. The van der Waals surface area contributed by atoms with Gasteiger partial charge in [0, 0.05) is 18.3 Å². The normalized spacial score (nSPS) is 23.3. The van der Waals surface area contributed by atoms with Crippen LogP contribution in [0.5, 0.6) is 0 Å². The maximum Gasteiger partial charge on any atom is 0.338 e. The molecular weight excluding hydrogens is 436 g/mol. The first-order chi connectivity index (χ1) is 17.2. The quantitative estimate of drug-likeness (QED) is 0.219. The van der Waals surface area contributed by atoms with Crippen LogP contribution in [0.1, 0.15) is 41.6 Å². The SMILES string of the molecule is O=C1C[C@@H]2[C@@H](/C=C/CCCc3ccccc3)[C@H](OC(=O)c3ccc(-c4ccccc4)cc3)C[C@@H]2O1. The summed E-state index contributed by atoms with van der Waals surface area (Å²) in [7, 11) is 0. The number of aryl methyl sites for hydroxylation is 1. The van der Waals surface area contributed by atoms with E-state index < -0.39 is 0 Å². The van der Waals surface area contributed by atoms with Gasteiger partial charge in [-0.3, -0.25) is 4.79 Å². The molecule has 4 nitrogen and oxygen atoms in total. The van der Waals surface area contributed by atoms with Crippen molar-refractivity contribution in [2.24, 2.45) is 11.8 Å². The minimum Gasteiger partial charge on any atom is -0.462 e. The zero-order valence-corrected chi connectivity index (χ0v) is 19.7. The number of fused-ring (bicyclic) bond motifs is 1. The van der Waals surface area contributed by atoms with E-state index in [1.54, 1.807) is 0 Å². The Kier molecular flexibility index (Phi) is 7.08. The molecule has 4 heteroatoms. The Bertz CT molecular complexity index is 1170. The van der Waals surface area contributed by atoms with Crippen molar-refractivity contribution in [3.63, 3.8) is 0 Å². The van der Waals surface area contributed by atoms with Gasteiger partial charge in [0.1, 0.15) is 12.2 Å². The Morgan fingerprint density at radius 2 is 1.60 bits per heavy atom. The minimum absolute atomic E-state index is 0.00397. The van der Waals surface area contributed by atoms with Crippen LogP contribution in [0.2, 0.25) is 0 Å². The van der Waals surface area contributed by atoms with Crippen LogP contribution in [0.4, 0.5) is 0 Å². The molecule has 4 atom stereocenters. The molecule has 1 aliphatic carbocycles. The van der Waals surface area contributed by atoms with Crippen LogP contribution in [-0.4, -0.2) is 24.1 Å². The number of benzene rings is 3. The molecular formula is C31H30O4. The third kappa shape index (κ3) is 5.54. The fraction of sp³-hybridized carbons (Fsp3) is 0.290. The summed E-state index contributed by atoms with van der Waals surface area (Å²) in [5.74, 6) is -0.408. The van der Waals surface area contributed by atoms with Crippen molar-refractivity contribution in [3.05, 3.63) is 108 Å². The summed E-state index contributed by atoms with van der Waals surface area (Å²) in [5, 5.41) is 0. The first-order valence-electron chi connectivity index (χ1n) is 12.4. The molecule has 1 saturated heterocycles. The number of carbonyl (C=O) groups is 2. The van der Waals surface area contributed by atoms with Crippen molar-refractivity contribution in [2.75, 3.05) is 0 Å². The molecule has 35 heavy (non-hydrogen) atoms. The summed E-state index contributed by atoms with van der Waals surface area (Å²) in [6, 6.07) is 28.0. The highest BCUT2D eigenvalue weighted by Crippen LogP contribution is 2.43. The maximum absolute atomic E-state index is 13.0. The van der Waals surface area contributed by atoms with Crippen LogP contribution in [0, 0.1) is 11.8 Å². The molecule has 3 aromatic carbocycles. The lowest BCUT2D eigenvalue weighted by atomic mass is 9.91. The molecule has 0 unspecified atom stereocenters. The topological polar surface area (TPSA) is 52.6 Å². The smallest absolute Gasteiger partial charge is 0.338 e. The van der Waals surface area contributed by atoms with Crippen molar-refractivity contribution in [1.82, 2.24) is 0 Å². The van der Waals surface area contributed by atoms with Gasteiger partial charge in [-0.1, -0.05) is 84.9 Å². The average Bonchev–Trinajstić information content (AvgIpc) is 3.40. The highest BCUT2D eigenvalue weighted by molar-refractivity contribution is 5.90. The summed E-state index contributed by atoms with van der Waals surface area (Å²) in [4.78, 5) is 24.8. The van der Waals surface area contributed by atoms with Gasteiger partial charge in [0.15, 0.2) is 0 Å². The number of hydrogen-bond donors (Lipinski definition) is 0. The number of unbranched alkanes of at least 4 members (excludes halogenated alkanes) is 1. The standard InChI is InChI=1S/C31H30O4/c32-30-20-27-26(15-9-2-6-12-22-10-4-1-5-11-22)28(21-29(27)34-30)35-31(33)25-18-16-24(17-19-25)23-13-7-3-8-14-23/h1,3-5,7-11,13-19,26-29H,2,6,12,20-21H2/b15-9+/t26-,27-,28-,29+/m1/s1. The lowest BCUT2D eigenvalue weighted by molar-refractivity contribution is -0.141. The molecule has 0 amide bonds. The predicted molar refractivity (Wildman–Crippen MR) is 136 cm³/mol. The molecule has 1 saturated carbocycles. The molecule has 2 aliphatic rings. The molecule has 3 aromatic rings. The van der Waals surface area contributed by atoms with Crippen molar-refractivity contribution < 1.29 is 19.1 Å². The van der Waals surface area contributed by atoms with E-state index in [-0.39, 0.29) is 36.0 Å². The van der Waals surface area contributed by atoms with Crippen LogP contribution in [0.25, 0.3) is 11.1 Å². The fourth-order valence-corrected chi connectivity index (χ4v) is 5.25. The van der Waals surface area contributed by atoms with Gasteiger partial charge in [0.05, 0.1) is 12.0 Å². The predicted octanol–water partition coefficient (Wildman–Crippen LogP) is 6.41. The van der Waals surface area contributed by atoms with Gasteiger partial charge in [0.25, 0.3) is 0 Å². The minimum atomic E-state index is -0.330. The maximum atomic E-state index is 13.0. The van der Waals surface area contributed by atoms with E-state index in [2.05, 4.69) is 36.4 Å². The Balaban J connectivity index is 1.21. The van der Waals surface area contributed by atoms with Crippen molar-refractivity contribution in [2.45, 2.75) is 44.3 Å². The first kappa shape index (κ1) is 23.1. The van der Waals surface area contributed by atoms with E-state index in [0.717, 1.165) is 30.4 Å². The molecule has 1 heterocycles. The van der Waals surface area contributed by atoms with E-state index in [1.165, 1.54) is 5.56 Å². The summed E-state index contributed by atoms with van der Waals surface area (Å²) >= 11 is 0. The summed E-state index contributed by atoms with van der Waals surface area (Å²) in [5.41, 5.74) is 4.03. The van der Waals surface area contributed by atoms with Crippen LogP contribution in [0.3, 0.4) is 0 Å². The van der Waals surface area contributed by atoms with Gasteiger partial charge in [0.2, 0.25) is 0 Å². The van der Waals surface area contributed by atoms with Crippen LogP contribution < -0.4 is 0 Å². The van der Waals surface area contributed by atoms with Gasteiger partial charge >= 0.3 is 11.9 Å². The average molecular weight is 467 g/mol. The van der Waals surface area contributed by atoms with Crippen molar-refractivity contribution in [3.8, 4) is 11.1 Å². The monoisotopic (exact) mass is 466 g/mol. The Labute approximate surface area is 206 Å². The van der Waals surface area contributed by atoms with E-state index in [1.807, 2.05) is 60.7 Å². The summed E-state index contributed by atoms with van der Waals surface area (Å²) in [6.07, 6.45) is 7.84. The molecule has 1 aliphatic heterocycles. The highest BCUT2D eigenvalue weighted by Gasteiger charge is 2.50. The molecule has 178 valence electrons. The van der Waals surface area contributed by atoms with Crippen LogP contribution in [-0.2, 0) is 20.7 Å². The molecule has 0 bridgehead atoms. The lowest BCUT2D eigenvalue weighted by Crippen LogP contribution is -2.24. The Hall–Kier alpha value is -3.66. The third-order valence-corrected chi connectivity index (χ3v) is 7.07. The third-order valence-electron chi connectivity index (χ3n) is 7.07. The van der Waals surface area contributed by atoms with Crippen LogP contribution in [0.15, 0.2) is 97.1 Å². The van der Waals surface area contributed by atoms with E-state index >= 15 is 0 Å². The van der Waals surface area contributed by atoms with Gasteiger partial charge in [-0.2, -0.15) is 0 Å². The molecule has 0 radical (unpaired) electrons. The largest absolute Gasteiger partial charge is 0.462 e. The number of esters is 2. The van der Waals surface area contributed by atoms with Gasteiger partial charge in [-0.25, -0.2) is 4.79 Å². The molecule has 0 aromatic heterocycles. The van der Waals surface area contributed by atoms with E-state index in [0.29, 0.717) is 18.4 Å². The molecule has 2 fully saturated rings. The van der Waals surface area contributed by atoms with Gasteiger partial charge in [-0.05, 0) is 48.1 Å². The fourth-order valence-electron chi connectivity index (χ4n) is 5.25. The van der Waals surface area contributed by atoms with Crippen LogP contribution >= 0.6 is 0 Å². The summed E-state index contributed by atoms with van der Waals surface area (Å²) in [6.45, 7) is 0. The Morgan fingerprint density at radius 3 is 2.34 bits per heavy atom. The second kappa shape index (κ2) is 10.7. The molecule has 0 spiro atoms. The second-order valence-corrected chi connectivity index (χ2v) is 9.40. The second-order valence-electron chi connectivity index (χ2n) is 9.40. The van der Waals surface area contributed by atoms with E-state index in [4.69, 9.17) is 9.47 Å². The van der Waals surface area contributed by atoms with Gasteiger partial charge in [-0.15, -0.1) is 0 Å². The lowest BCUT2D eigenvalue weighted by Gasteiger charge is -2.20. The van der Waals surface area contributed by atoms with Crippen molar-refractivity contribution >= 4 is 11.9 Å². The molecule has 0 N–H and O–H groups in total. The van der Waals surface area contributed by atoms with E-state index in [9.17, 15) is 9.59 Å². The Morgan fingerprint density at radius 1 is 0.914 bits per heavy atom. The zero-order valence-electron chi connectivity index (χ0n) is 19.7. The number of ether oxygens (including phenoxy) is 2. The first-order valence-corrected chi connectivity index (χ1v) is 12.4. The molecule has 5 rings (SSSR count). The van der Waals surface area contributed by atoms with Crippen molar-refractivity contribution in [1.29, 1.82) is 0 Å².